The molecule has 0 bridgehead atoms. The number of carboxylic acids is 1. The molecule has 1 N–H and O–H groups in total. The number of fused-ring (bicyclic) bond motifs is 1. The second-order valence-corrected chi connectivity index (χ2v) is 9.33. The molecule has 0 saturated heterocycles. The summed E-state index contributed by atoms with van der Waals surface area (Å²) >= 11 is 3.32. The number of methoxy groups -OCH3 is 1. The largest absolute Gasteiger partial charge is 0.496 e. The Morgan fingerprint density at radius 3 is 2.65 bits per heavy atom. The van der Waals surface area contributed by atoms with E-state index in [1.165, 1.54) is 47.3 Å². The molecule has 1 heterocycles. The number of anilines is 2. The number of carboxylic acid groups (broad SMARTS) is 1. The van der Waals surface area contributed by atoms with E-state index in [2.05, 4.69) is 54.3 Å². The van der Waals surface area contributed by atoms with Crippen LogP contribution < -0.4 is 9.64 Å². The summed E-state index contributed by atoms with van der Waals surface area (Å²) in [6, 6.07) is 14.9. The van der Waals surface area contributed by atoms with Crippen molar-refractivity contribution < 1.29 is 14.6 Å². The number of carbonyl (C=O) groups is 1. The number of hydrogen-bond donors (Lipinski definition) is 1. The fourth-order valence-electron chi connectivity index (χ4n) is 3.61. The van der Waals surface area contributed by atoms with Crippen molar-refractivity contribution in [3.8, 4) is 5.75 Å². The Balaban J connectivity index is 0.00000166. The van der Waals surface area contributed by atoms with E-state index in [-0.39, 0.29) is 5.75 Å². The monoisotopic (exact) mass is 461 g/mol. The summed E-state index contributed by atoms with van der Waals surface area (Å²) in [5.41, 5.74) is 3.45. The quantitative estimate of drug-likeness (QED) is 0.430. The number of unbranched alkanes of at least 4 members (excludes halogenated alkanes) is 1. The molecule has 3 rings (SSSR count). The van der Waals surface area contributed by atoms with E-state index in [4.69, 9.17) is 9.84 Å². The second kappa shape index (κ2) is 13.6. The molecule has 1 aliphatic heterocycles. The van der Waals surface area contributed by atoms with Crippen molar-refractivity contribution in [3.63, 3.8) is 0 Å². The fourth-order valence-corrected chi connectivity index (χ4v) is 5.56. The lowest BCUT2D eigenvalue weighted by Gasteiger charge is -2.28. The highest BCUT2D eigenvalue weighted by molar-refractivity contribution is 7.99. The van der Waals surface area contributed by atoms with Gasteiger partial charge in [0.15, 0.2) is 0 Å². The molecule has 0 aromatic heterocycles. The summed E-state index contributed by atoms with van der Waals surface area (Å²) in [5.74, 6) is 2.51. The molecule has 1 unspecified atom stereocenters. The topological polar surface area (TPSA) is 49.8 Å². The van der Waals surface area contributed by atoms with Crippen LogP contribution in [0.4, 0.5) is 11.4 Å². The first-order chi connectivity index (χ1) is 15.1. The molecule has 1 aliphatic rings. The molecule has 6 heteroatoms. The zero-order chi connectivity index (χ0) is 22.6. The molecule has 0 radical (unpaired) electrons. The Bertz CT molecular complexity index is 814. The van der Waals surface area contributed by atoms with Crippen LogP contribution in [0.5, 0.6) is 5.75 Å². The highest BCUT2D eigenvalue weighted by atomic mass is 32.2. The summed E-state index contributed by atoms with van der Waals surface area (Å²) < 4.78 is 5.69. The van der Waals surface area contributed by atoms with Gasteiger partial charge in [-0.3, -0.25) is 4.79 Å². The number of ether oxygens (including phenoxy) is 1. The van der Waals surface area contributed by atoms with Crippen molar-refractivity contribution in [1.29, 1.82) is 0 Å². The Kier molecular flexibility index (Phi) is 11.2. The lowest BCUT2D eigenvalue weighted by molar-refractivity contribution is -0.133. The van der Waals surface area contributed by atoms with E-state index in [1.54, 1.807) is 7.11 Å². The Morgan fingerprint density at radius 1 is 1.26 bits per heavy atom. The lowest BCUT2D eigenvalue weighted by Crippen LogP contribution is -2.25. The molecular formula is C25H35NO3S2. The zero-order valence-corrected chi connectivity index (χ0v) is 20.7. The molecule has 0 saturated carbocycles. The van der Waals surface area contributed by atoms with Crippen molar-refractivity contribution in [2.45, 2.75) is 50.7 Å². The second-order valence-electron chi connectivity index (χ2n) is 7.28. The standard InChI is InChI=1S/C23H29NO3S2.C2H6/c1-3-4-8-17-13-24(19-9-6-5-7-10-19)20-12-21(27-2)18(11-22(20)29-14-17)15-28-16-23(25)26;1-2/h5-7,9-12,17H,3-4,8,13-16H2,1-2H3,(H,25,26);1-2H3. The zero-order valence-electron chi connectivity index (χ0n) is 19.1. The summed E-state index contributed by atoms with van der Waals surface area (Å²) in [5, 5.41) is 8.95. The SMILES string of the molecule is CC.CCCCC1CSc2cc(CSCC(=O)O)c(OC)cc2N(c2ccccc2)C1. The van der Waals surface area contributed by atoms with Gasteiger partial charge in [-0.25, -0.2) is 0 Å². The van der Waals surface area contributed by atoms with Crippen molar-refractivity contribution in [3.05, 3.63) is 48.0 Å². The number of aliphatic carboxylic acids is 1. The third-order valence-corrected chi connectivity index (χ3v) is 7.33. The maximum absolute atomic E-state index is 10.9. The van der Waals surface area contributed by atoms with Gasteiger partial charge in [-0.2, -0.15) is 0 Å². The van der Waals surface area contributed by atoms with Gasteiger partial charge in [0.1, 0.15) is 5.75 Å². The van der Waals surface area contributed by atoms with Gasteiger partial charge >= 0.3 is 5.97 Å². The Hall–Kier alpha value is -1.79. The van der Waals surface area contributed by atoms with Crippen molar-refractivity contribution >= 4 is 40.9 Å². The number of hydrogen-bond acceptors (Lipinski definition) is 5. The molecule has 0 spiro atoms. The van der Waals surface area contributed by atoms with Crippen LogP contribution in [0.3, 0.4) is 0 Å². The summed E-state index contributed by atoms with van der Waals surface area (Å²) in [7, 11) is 1.69. The highest BCUT2D eigenvalue weighted by Crippen LogP contribution is 2.44. The summed E-state index contributed by atoms with van der Waals surface area (Å²) in [4.78, 5) is 14.6. The Morgan fingerprint density at radius 2 is 2.00 bits per heavy atom. The highest BCUT2D eigenvalue weighted by Gasteiger charge is 2.25. The minimum atomic E-state index is -0.785. The van der Waals surface area contributed by atoms with E-state index in [0.29, 0.717) is 11.7 Å². The lowest BCUT2D eigenvalue weighted by atomic mass is 10.0. The maximum atomic E-state index is 10.9. The average Bonchev–Trinajstić information content (AvgIpc) is 2.98. The van der Waals surface area contributed by atoms with Gasteiger partial charge in [0.2, 0.25) is 0 Å². The van der Waals surface area contributed by atoms with Crippen LogP contribution in [-0.4, -0.2) is 36.2 Å². The summed E-state index contributed by atoms with van der Waals surface area (Å²) in [6.07, 6.45) is 3.71. The van der Waals surface area contributed by atoms with Crippen LogP contribution in [0.2, 0.25) is 0 Å². The van der Waals surface area contributed by atoms with Gasteiger partial charge in [0.25, 0.3) is 0 Å². The third kappa shape index (κ3) is 7.39. The Labute approximate surface area is 195 Å². The van der Waals surface area contributed by atoms with Gasteiger partial charge in [-0.1, -0.05) is 51.8 Å². The molecule has 2 aromatic rings. The van der Waals surface area contributed by atoms with Crippen LogP contribution >= 0.6 is 23.5 Å². The minimum absolute atomic E-state index is 0.0998. The van der Waals surface area contributed by atoms with Crippen LogP contribution in [-0.2, 0) is 10.5 Å². The van der Waals surface area contributed by atoms with Gasteiger partial charge in [-0.05, 0) is 30.5 Å². The molecule has 4 nitrogen and oxygen atoms in total. The number of nitrogens with zero attached hydrogens (tertiary/aromatic N) is 1. The maximum Gasteiger partial charge on any atom is 0.313 e. The average molecular weight is 462 g/mol. The van der Waals surface area contributed by atoms with Crippen molar-refractivity contribution in [2.75, 3.05) is 30.1 Å². The van der Waals surface area contributed by atoms with E-state index in [9.17, 15) is 4.79 Å². The van der Waals surface area contributed by atoms with E-state index in [1.807, 2.05) is 25.6 Å². The smallest absolute Gasteiger partial charge is 0.313 e. The van der Waals surface area contributed by atoms with Crippen LogP contribution in [0.25, 0.3) is 0 Å². The van der Waals surface area contributed by atoms with E-state index < -0.39 is 5.97 Å². The molecule has 0 fully saturated rings. The molecule has 1 atom stereocenters. The van der Waals surface area contributed by atoms with Crippen molar-refractivity contribution in [2.24, 2.45) is 5.92 Å². The number of benzene rings is 2. The third-order valence-electron chi connectivity index (χ3n) is 5.08. The van der Waals surface area contributed by atoms with Gasteiger partial charge < -0.3 is 14.7 Å². The van der Waals surface area contributed by atoms with E-state index in [0.717, 1.165) is 23.6 Å². The molecule has 31 heavy (non-hydrogen) atoms. The van der Waals surface area contributed by atoms with Crippen LogP contribution in [0.15, 0.2) is 47.4 Å². The first-order valence-corrected chi connectivity index (χ1v) is 13.2. The molecule has 0 amide bonds. The van der Waals surface area contributed by atoms with Crippen LogP contribution in [0.1, 0.15) is 45.6 Å². The van der Waals surface area contributed by atoms with Crippen LogP contribution in [0, 0.1) is 5.92 Å². The predicted octanol–water partition coefficient (Wildman–Crippen LogP) is 7.09. The first kappa shape index (κ1) is 25.5. The first-order valence-electron chi connectivity index (χ1n) is 11.1. The molecule has 2 aromatic carbocycles. The van der Waals surface area contributed by atoms with Crippen molar-refractivity contribution in [1.82, 2.24) is 0 Å². The predicted molar refractivity (Wildman–Crippen MR) is 135 cm³/mol. The van der Waals surface area contributed by atoms with Gasteiger partial charge in [0.05, 0.1) is 18.6 Å². The molecule has 170 valence electrons. The molecular weight excluding hydrogens is 426 g/mol. The van der Waals surface area contributed by atoms with Gasteiger partial charge in [0, 0.05) is 40.3 Å². The summed E-state index contributed by atoms with van der Waals surface area (Å²) in [6.45, 7) is 7.25. The van der Waals surface area contributed by atoms with E-state index >= 15 is 0 Å². The van der Waals surface area contributed by atoms with Gasteiger partial charge in [-0.15, -0.1) is 23.5 Å². The molecule has 0 aliphatic carbocycles. The number of rotatable bonds is 9. The minimum Gasteiger partial charge on any atom is -0.496 e. The number of thioether (sulfide) groups is 2. The normalized spacial score (nSPS) is 15.4. The fraction of sp³-hybridized carbons (Fsp3) is 0.480. The number of para-hydroxylation sites is 1.